The largest absolute Gasteiger partial charge is 0.0616 e. The predicted molar refractivity (Wildman–Crippen MR) is 109 cm³/mol. The average molecular weight is 320 g/mol. The van der Waals surface area contributed by atoms with Crippen molar-refractivity contribution >= 4 is 22.9 Å². The maximum absolute atomic E-state index is 2.26. The number of hydrogen-bond donors (Lipinski definition) is 0. The lowest BCUT2D eigenvalue weighted by molar-refractivity contribution is 1.46. The van der Waals surface area contributed by atoms with Crippen molar-refractivity contribution in [3.05, 3.63) is 108 Å². The van der Waals surface area contributed by atoms with Gasteiger partial charge in [0.1, 0.15) is 0 Å². The molecule has 0 aliphatic heterocycles. The second kappa shape index (κ2) is 6.78. The monoisotopic (exact) mass is 320 g/mol. The molecule has 0 N–H and O–H groups in total. The molecular formula is C25H20. The summed E-state index contributed by atoms with van der Waals surface area (Å²) in [7, 11) is 0. The lowest BCUT2D eigenvalue weighted by Crippen LogP contribution is -1.80. The molecule has 0 atom stereocenters. The van der Waals surface area contributed by atoms with Crippen LogP contribution in [0.25, 0.3) is 34.1 Å². The summed E-state index contributed by atoms with van der Waals surface area (Å²) < 4.78 is 0. The molecule has 120 valence electrons. The van der Waals surface area contributed by atoms with Gasteiger partial charge in [-0.05, 0) is 46.0 Å². The Hall–Kier alpha value is -3.12. The molecule has 0 heteroatoms. The Labute approximate surface area is 149 Å². The summed E-state index contributed by atoms with van der Waals surface area (Å²) >= 11 is 0. The van der Waals surface area contributed by atoms with E-state index in [-0.39, 0.29) is 0 Å². The fourth-order valence-corrected chi connectivity index (χ4v) is 3.03. The maximum atomic E-state index is 2.26. The molecule has 0 aliphatic carbocycles. The van der Waals surface area contributed by atoms with E-state index in [4.69, 9.17) is 0 Å². The predicted octanol–water partition coefficient (Wildman–Crippen LogP) is 6.99. The van der Waals surface area contributed by atoms with Gasteiger partial charge in [-0.25, -0.2) is 0 Å². The van der Waals surface area contributed by atoms with Gasteiger partial charge in [-0.15, -0.1) is 0 Å². The molecule has 0 radical (unpaired) electrons. The lowest BCUT2D eigenvalue weighted by atomic mass is 10.00. The molecule has 0 aromatic heterocycles. The maximum Gasteiger partial charge on any atom is -0.0178 e. The first kappa shape index (κ1) is 15.4. The Kier molecular flexibility index (Phi) is 4.18. The van der Waals surface area contributed by atoms with E-state index < -0.39 is 0 Å². The summed E-state index contributed by atoms with van der Waals surface area (Å²) in [5.74, 6) is 0. The second-order valence-electron chi connectivity index (χ2n) is 6.43. The lowest BCUT2D eigenvalue weighted by Gasteiger charge is -2.05. The fraction of sp³-hybridized carbons (Fsp3) is 0.0400. The quantitative estimate of drug-likeness (QED) is 0.357. The Morgan fingerprint density at radius 1 is 0.520 bits per heavy atom. The smallest absolute Gasteiger partial charge is 0.0178 e. The molecule has 0 aliphatic rings. The molecule has 0 unspecified atom stereocenters. The van der Waals surface area contributed by atoms with Crippen LogP contribution >= 0.6 is 0 Å². The zero-order valence-electron chi connectivity index (χ0n) is 14.3. The first-order valence-corrected chi connectivity index (χ1v) is 8.62. The zero-order chi connectivity index (χ0) is 17.1. The summed E-state index contributed by atoms with van der Waals surface area (Å²) in [4.78, 5) is 0. The molecule has 4 aromatic carbocycles. The van der Waals surface area contributed by atoms with Crippen molar-refractivity contribution in [3.63, 3.8) is 0 Å². The third-order valence-electron chi connectivity index (χ3n) is 4.54. The van der Waals surface area contributed by atoms with Gasteiger partial charge in [-0.3, -0.25) is 0 Å². The molecule has 0 fully saturated rings. The third kappa shape index (κ3) is 3.54. The molecule has 0 amide bonds. The van der Waals surface area contributed by atoms with Crippen molar-refractivity contribution in [3.8, 4) is 11.1 Å². The van der Waals surface area contributed by atoms with Crippen LogP contribution < -0.4 is 0 Å². The summed E-state index contributed by atoms with van der Waals surface area (Å²) in [6.45, 7) is 2.11. The Balaban J connectivity index is 1.57. The molecule has 0 saturated heterocycles. The van der Waals surface area contributed by atoms with Crippen LogP contribution in [0.5, 0.6) is 0 Å². The van der Waals surface area contributed by atoms with Crippen molar-refractivity contribution in [2.75, 3.05) is 0 Å². The first-order valence-electron chi connectivity index (χ1n) is 8.62. The zero-order valence-corrected chi connectivity index (χ0v) is 14.3. The van der Waals surface area contributed by atoms with Crippen LogP contribution in [0.4, 0.5) is 0 Å². The second-order valence-corrected chi connectivity index (χ2v) is 6.43. The SMILES string of the molecule is Cc1ccc(/C=C/c2ccc(-c3ccc4ccccc4c3)cc2)cc1. The molecule has 0 heterocycles. The number of rotatable bonds is 3. The van der Waals surface area contributed by atoms with Crippen molar-refractivity contribution in [1.82, 2.24) is 0 Å². The highest BCUT2D eigenvalue weighted by Crippen LogP contribution is 2.25. The van der Waals surface area contributed by atoms with E-state index in [1.165, 1.54) is 38.6 Å². The van der Waals surface area contributed by atoms with Gasteiger partial charge < -0.3 is 0 Å². The molecule has 25 heavy (non-hydrogen) atoms. The normalized spacial score (nSPS) is 11.2. The van der Waals surface area contributed by atoms with Gasteiger partial charge in [0, 0.05) is 0 Å². The summed E-state index contributed by atoms with van der Waals surface area (Å²) in [6.07, 6.45) is 4.32. The van der Waals surface area contributed by atoms with E-state index in [1.807, 2.05) is 0 Å². The van der Waals surface area contributed by atoms with Gasteiger partial charge in [0.05, 0.1) is 0 Å². The fourth-order valence-electron chi connectivity index (χ4n) is 3.03. The van der Waals surface area contributed by atoms with E-state index in [1.54, 1.807) is 0 Å². The van der Waals surface area contributed by atoms with E-state index >= 15 is 0 Å². The van der Waals surface area contributed by atoms with Crippen LogP contribution in [0.2, 0.25) is 0 Å². The van der Waals surface area contributed by atoms with Crippen LogP contribution in [0.1, 0.15) is 16.7 Å². The van der Waals surface area contributed by atoms with E-state index in [0.717, 1.165) is 0 Å². The molecule has 0 saturated carbocycles. The van der Waals surface area contributed by atoms with Crippen molar-refractivity contribution in [2.45, 2.75) is 6.92 Å². The minimum Gasteiger partial charge on any atom is -0.0616 e. The number of fused-ring (bicyclic) bond motifs is 1. The Morgan fingerprint density at radius 2 is 1.08 bits per heavy atom. The Bertz CT molecular complexity index is 1020. The highest BCUT2D eigenvalue weighted by atomic mass is 14.0. The molecule has 0 spiro atoms. The standard InChI is InChI=1S/C25H20/c1-19-6-8-20(9-7-19)10-11-21-12-14-23(15-13-21)25-17-16-22-4-2-3-5-24(22)18-25/h2-18H,1H3/b11-10+. The van der Waals surface area contributed by atoms with Gasteiger partial charge in [0.25, 0.3) is 0 Å². The summed E-state index contributed by atoms with van der Waals surface area (Å²) in [5.41, 5.74) is 6.23. The molecule has 0 nitrogen and oxygen atoms in total. The van der Waals surface area contributed by atoms with Crippen molar-refractivity contribution in [1.29, 1.82) is 0 Å². The number of aryl methyl sites for hydroxylation is 1. The number of hydrogen-bond acceptors (Lipinski definition) is 0. The van der Waals surface area contributed by atoms with Crippen LogP contribution in [-0.4, -0.2) is 0 Å². The third-order valence-corrected chi connectivity index (χ3v) is 4.54. The molecule has 4 rings (SSSR count). The van der Waals surface area contributed by atoms with Crippen LogP contribution in [0, 0.1) is 6.92 Å². The van der Waals surface area contributed by atoms with E-state index in [2.05, 4.69) is 110 Å². The molecular weight excluding hydrogens is 300 g/mol. The van der Waals surface area contributed by atoms with Crippen molar-refractivity contribution < 1.29 is 0 Å². The molecule has 4 aromatic rings. The highest BCUT2D eigenvalue weighted by molar-refractivity contribution is 5.87. The minimum absolute atomic E-state index is 1.21. The van der Waals surface area contributed by atoms with E-state index in [0.29, 0.717) is 0 Å². The van der Waals surface area contributed by atoms with E-state index in [9.17, 15) is 0 Å². The van der Waals surface area contributed by atoms with Crippen LogP contribution in [0.15, 0.2) is 91.0 Å². The van der Waals surface area contributed by atoms with Gasteiger partial charge in [0.15, 0.2) is 0 Å². The Morgan fingerprint density at radius 3 is 1.76 bits per heavy atom. The van der Waals surface area contributed by atoms with Crippen LogP contribution in [-0.2, 0) is 0 Å². The summed E-state index contributed by atoms with van der Waals surface area (Å²) in [5, 5.41) is 2.56. The van der Waals surface area contributed by atoms with Gasteiger partial charge in [-0.1, -0.05) is 103 Å². The summed E-state index contributed by atoms with van der Waals surface area (Å²) in [6, 6.07) is 32.4. The first-order chi connectivity index (χ1) is 12.3. The molecule has 0 bridgehead atoms. The minimum atomic E-state index is 1.21. The number of benzene rings is 4. The topological polar surface area (TPSA) is 0 Å². The van der Waals surface area contributed by atoms with Gasteiger partial charge in [0.2, 0.25) is 0 Å². The van der Waals surface area contributed by atoms with Crippen LogP contribution in [0.3, 0.4) is 0 Å². The highest BCUT2D eigenvalue weighted by Gasteiger charge is 1.99. The average Bonchev–Trinajstić information content (AvgIpc) is 2.68. The van der Waals surface area contributed by atoms with Gasteiger partial charge >= 0.3 is 0 Å². The van der Waals surface area contributed by atoms with Gasteiger partial charge in [-0.2, -0.15) is 0 Å². The van der Waals surface area contributed by atoms with Crippen molar-refractivity contribution in [2.24, 2.45) is 0 Å².